The minimum atomic E-state index is 0.833. The van der Waals surface area contributed by atoms with E-state index in [2.05, 4.69) is 42.9 Å². The Kier molecular flexibility index (Phi) is 3.93. The summed E-state index contributed by atoms with van der Waals surface area (Å²) in [6.07, 6.45) is 4.78. The van der Waals surface area contributed by atoms with Crippen molar-refractivity contribution in [3.05, 3.63) is 18.2 Å². The first-order valence-electron chi connectivity index (χ1n) is 5.75. The Balaban J connectivity index is 2.44. The average molecular weight is 298 g/mol. The molecule has 0 fully saturated rings. The number of aryl methyl sites for hydroxylation is 1. The van der Waals surface area contributed by atoms with Crippen LogP contribution in [0.5, 0.6) is 0 Å². The van der Waals surface area contributed by atoms with Crippen LogP contribution in [0, 0.1) is 6.92 Å². The molecule has 0 aliphatic carbocycles. The summed E-state index contributed by atoms with van der Waals surface area (Å²) >= 11 is 3.47. The zero-order chi connectivity index (χ0) is 12.3. The molecule has 2 aromatic heterocycles. The van der Waals surface area contributed by atoms with E-state index in [9.17, 15) is 0 Å². The van der Waals surface area contributed by atoms with Gasteiger partial charge < -0.3 is 4.90 Å². The van der Waals surface area contributed by atoms with Crippen LogP contribution >= 0.6 is 15.9 Å². The van der Waals surface area contributed by atoms with Crippen molar-refractivity contribution >= 4 is 27.4 Å². The minimum Gasteiger partial charge on any atom is -0.353 e. The van der Waals surface area contributed by atoms with Crippen LogP contribution in [-0.4, -0.2) is 38.0 Å². The molecule has 0 aromatic carbocycles. The second-order valence-electron chi connectivity index (χ2n) is 3.87. The highest BCUT2D eigenvalue weighted by atomic mass is 79.9. The molecule has 0 atom stereocenters. The van der Waals surface area contributed by atoms with E-state index < -0.39 is 0 Å². The molecule has 92 valence electrons. The molecule has 2 aromatic rings. The largest absolute Gasteiger partial charge is 0.353 e. The van der Waals surface area contributed by atoms with Gasteiger partial charge in [0.05, 0.1) is 0 Å². The predicted octanol–water partition coefficient (Wildman–Crippen LogP) is 2.04. The van der Waals surface area contributed by atoms with E-state index in [4.69, 9.17) is 0 Å². The SMILES string of the molecule is CCCN(CCBr)c1nccn2c(C)nnc12. The van der Waals surface area contributed by atoms with Gasteiger partial charge in [0.2, 0.25) is 5.65 Å². The Morgan fingerprint density at radius 2 is 2.18 bits per heavy atom. The van der Waals surface area contributed by atoms with E-state index in [1.165, 1.54) is 0 Å². The molecule has 0 N–H and O–H groups in total. The van der Waals surface area contributed by atoms with E-state index in [0.717, 1.165) is 42.1 Å². The number of rotatable bonds is 5. The van der Waals surface area contributed by atoms with Crippen molar-refractivity contribution in [2.24, 2.45) is 0 Å². The van der Waals surface area contributed by atoms with Crippen LogP contribution in [0.15, 0.2) is 12.4 Å². The lowest BCUT2D eigenvalue weighted by molar-refractivity contribution is 0.782. The summed E-state index contributed by atoms with van der Waals surface area (Å²) in [5.74, 6) is 1.80. The number of halogens is 1. The molecule has 0 saturated carbocycles. The highest BCUT2D eigenvalue weighted by molar-refractivity contribution is 9.09. The summed E-state index contributed by atoms with van der Waals surface area (Å²) in [5.41, 5.74) is 0.833. The van der Waals surface area contributed by atoms with Gasteiger partial charge in [-0.25, -0.2) is 4.98 Å². The van der Waals surface area contributed by atoms with Crippen molar-refractivity contribution in [1.29, 1.82) is 0 Å². The van der Waals surface area contributed by atoms with E-state index in [1.807, 2.05) is 17.5 Å². The quantitative estimate of drug-likeness (QED) is 0.793. The van der Waals surface area contributed by atoms with Crippen LogP contribution in [0.3, 0.4) is 0 Å². The standard InChI is InChI=1S/C11H16BrN5/c1-3-6-16(7-4-12)10-11-15-14-9(2)17(11)8-5-13-10/h5,8H,3-4,6-7H2,1-2H3. The van der Waals surface area contributed by atoms with Gasteiger partial charge in [-0.1, -0.05) is 22.9 Å². The van der Waals surface area contributed by atoms with Crippen LogP contribution in [0.1, 0.15) is 19.2 Å². The minimum absolute atomic E-state index is 0.833. The third kappa shape index (κ3) is 2.41. The first-order valence-corrected chi connectivity index (χ1v) is 6.87. The molecule has 0 amide bonds. The highest BCUT2D eigenvalue weighted by Gasteiger charge is 2.13. The normalized spacial score (nSPS) is 11.0. The third-order valence-corrected chi connectivity index (χ3v) is 2.98. The molecule has 0 unspecified atom stereocenters. The first-order chi connectivity index (χ1) is 8.27. The molecule has 2 rings (SSSR count). The maximum absolute atomic E-state index is 4.44. The van der Waals surface area contributed by atoms with Gasteiger partial charge in [-0.05, 0) is 13.3 Å². The summed E-state index contributed by atoms with van der Waals surface area (Å²) in [5, 5.41) is 9.21. The Morgan fingerprint density at radius 3 is 2.88 bits per heavy atom. The lowest BCUT2D eigenvalue weighted by Crippen LogP contribution is -2.27. The molecule has 2 heterocycles. The highest BCUT2D eigenvalue weighted by Crippen LogP contribution is 2.17. The zero-order valence-electron chi connectivity index (χ0n) is 10.1. The second kappa shape index (κ2) is 5.44. The molecule has 0 radical (unpaired) electrons. The molecule has 0 aliphatic heterocycles. The van der Waals surface area contributed by atoms with Gasteiger partial charge in [-0.15, -0.1) is 10.2 Å². The van der Waals surface area contributed by atoms with E-state index in [1.54, 1.807) is 6.20 Å². The molecule has 17 heavy (non-hydrogen) atoms. The van der Waals surface area contributed by atoms with Crippen LogP contribution in [0.2, 0.25) is 0 Å². The first kappa shape index (κ1) is 12.3. The lowest BCUT2D eigenvalue weighted by atomic mass is 10.4. The lowest BCUT2D eigenvalue weighted by Gasteiger charge is -2.21. The van der Waals surface area contributed by atoms with Crippen molar-refractivity contribution in [2.45, 2.75) is 20.3 Å². The number of nitrogens with zero attached hydrogens (tertiary/aromatic N) is 5. The van der Waals surface area contributed by atoms with Crippen LogP contribution in [0.25, 0.3) is 5.65 Å². The van der Waals surface area contributed by atoms with Crippen LogP contribution < -0.4 is 4.90 Å². The molecule has 5 nitrogen and oxygen atoms in total. The molecule has 0 saturated heterocycles. The maximum Gasteiger partial charge on any atom is 0.203 e. The fourth-order valence-corrected chi connectivity index (χ4v) is 2.28. The fourth-order valence-electron chi connectivity index (χ4n) is 1.85. The third-order valence-electron chi connectivity index (χ3n) is 2.63. The number of hydrogen-bond donors (Lipinski definition) is 0. The van der Waals surface area contributed by atoms with Crippen molar-refractivity contribution in [3.63, 3.8) is 0 Å². The van der Waals surface area contributed by atoms with Crippen molar-refractivity contribution < 1.29 is 0 Å². The molecule has 0 bridgehead atoms. The number of aromatic nitrogens is 4. The molecule has 0 spiro atoms. The van der Waals surface area contributed by atoms with Gasteiger partial charge in [0, 0.05) is 30.8 Å². The van der Waals surface area contributed by atoms with Gasteiger partial charge in [-0.2, -0.15) is 0 Å². The van der Waals surface area contributed by atoms with Crippen LogP contribution in [0.4, 0.5) is 5.82 Å². The summed E-state index contributed by atoms with van der Waals surface area (Å²) in [6.45, 7) is 6.01. The van der Waals surface area contributed by atoms with E-state index in [0.29, 0.717) is 0 Å². The van der Waals surface area contributed by atoms with Crippen LogP contribution in [-0.2, 0) is 0 Å². The molecular weight excluding hydrogens is 282 g/mol. The Morgan fingerprint density at radius 1 is 1.35 bits per heavy atom. The summed E-state index contributed by atoms with van der Waals surface area (Å²) in [7, 11) is 0. The van der Waals surface area contributed by atoms with Gasteiger partial charge in [0.15, 0.2) is 5.82 Å². The molecule has 6 heteroatoms. The van der Waals surface area contributed by atoms with Crippen molar-refractivity contribution in [3.8, 4) is 0 Å². The van der Waals surface area contributed by atoms with Gasteiger partial charge >= 0.3 is 0 Å². The Labute approximate surface area is 109 Å². The smallest absolute Gasteiger partial charge is 0.203 e. The monoisotopic (exact) mass is 297 g/mol. The summed E-state index contributed by atoms with van der Waals surface area (Å²) in [6, 6.07) is 0. The second-order valence-corrected chi connectivity index (χ2v) is 4.66. The van der Waals surface area contributed by atoms with E-state index >= 15 is 0 Å². The number of alkyl halides is 1. The predicted molar refractivity (Wildman–Crippen MR) is 71.8 cm³/mol. The maximum atomic E-state index is 4.44. The molecular formula is C11H16BrN5. The number of anilines is 1. The van der Waals surface area contributed by atoms with Gasteiger partial charge in [-0.3, -0.25) is 4.40 Å². The summed E-state index contributed by atoms with van der Waals surface area (Å²) in [4.78, 5) is 6.67. The average Bonchev–Trinajstić information content (AvgIpc) is 2.71. The van der Waals surface area contributed by atoms with Crippen molar-refractivity contribution in [1.82, 2.24) is 19.6 Å². The number of fused-ring (bicyclic) bond motifs is 1. The zero-order valence-corrected chi connectivity index (χ0v) is 11.7. The Hall–Kier alpha value is -1.17. The Bertz CT molecular complexity index is 490. The fraction of sp³-hybridized carbons (Fsp3) is 0.545. The number of hydrogen-bond acceptors (Lipinski definition) is 4. The van der Waals surface area contributed by atoms with Gasteiger partial charge in [0.1, 0.15) is 5.82 Å². The van der Waals surface area contributed by atoms with E-state index in [-0.39, 0.29) is 0 Å². The molecule has 0 aliphatic rings. The van der Waals surface area contributed by atoms with Crippen molar-refractivity contribution in [2.75, 3.05) is 23.3 Å². The summed E-state index contributed by atoms with van der Waals surface area (Å²) < 4.78 is 1.97. The van der Waals surface area contributed by atoms with Gasteiger partial charge in [0.25, 0.3) is 0 Å². The topological polar surface area (TPSA) is 46.3 Å².